The van der Waals surface area contributed by atoms with Gasteiger partial charge >= 0.3 is 0 Å². The molecule has 0 aromatic heterocycles. The van der Waals surface area contributed by atoms with E-state index in [4.69, 9.17) is 9.84 Å². The average Bonchev–Trinajstić information content (AvgIpc) is 2.38. The molecule has 0 aliphatic carbocycles. The molecule has 94 valence electrons. The maximum absolute atomic E-state index is 8.87. The summed E-state index contributed by atoms with van der Waals surface area (Å²) >= 11 is 0. The number of aliphatic hydroxyl groups excluding tert-OH is 1. The zero-order valence-electron chi connectivity index (χ0n) is 10.8. The van der Waals surface area contributed by atoms with Gasteiger partial charge in [-0.15, -0.1) is 0 Å². The fraction of sp³-hybridized carbons (Fsp3) is 0.250. The van der Waals surface area contributed by atoms with Crippen LogP contribution in [0.3, 0.4) is 0 Å². The summed E-state index contributed by atoms with van der Waals surface area (Å²) in [5, 5.41) is 8.87. The Hall–Kier alpha value is -1.80. The van der Waals surface area contributed by atoms with E-state index in [1.807, 2.05) is 13.0 Å². The van der Waals surface area contributed by atoms with Crippen LogP contribution in [-0.2, 0) is 0 Å². The van der Waals surface area contributed by atoms with E-state index in [0.29, 0.717) is 6.61 Å². The first-order chi connectivity index (χ1) is 8.70. The quantitative estimate of drug-likeness (QED) is 0.891. The van der Waals surface area contributed by atoms with E-state index >= 15 is 0 Å². The Morgan fingerprint density at radius 3 is 2.28 bits per heavy atom. The van der Waals surface area contributed by atoms with Gasteiger partial charge in [0.05, 0.1) is 6.61 Å². The third-order valence-corrected chi connectivity index (χ3v) is 2.85. The van der Waals surface area contributed by atoms with E-state index in [-0.39, 0.29) is 6.61 Å². The fourth-order valence-corrected chi connectivity index (χ4v) is 1.88. The highest BCUT2D eigenvalue weighted by Gasteiger charge is 2.06. The molecular weight excluding hydrogens is 224 g/mol. The Kier molecular flexibility index (Phi) is 4.00. The van der Waals surface area contributed by atoms with E-state index in [1.54, 1.807) is 0 Å². The topological polar surface area (TPSA) is 29.5 Å². The van der Waals surface area contributed by atoms with Crippen molar-refractivity contribution < 1.29 is 9.84 Å². The highest BCUT2D eigenvalue weighted by molar-refractivity contribution is 5.71. The van der Waals surface area contributed by atoms with E-state index in [2.05, 4.69) is 43.3 Å². The molecule has 0 radical (unpaired) electrons. The lowest BCUT2D eigenvalue weighted by molar-refractivity contribution is 0.202. The zero-order chi connectivity index (χ0) is 13.0. The fourth-order valence-electron chi connectivity index (χ4n) is 1.88. The molecule has 0 bridgehead atoms. The summed E-state index contributed by atoms with van der Waals surface area (Å²) in [7, 11) is 0. The van der Waals surface area contributed by atoms with Crippen molar-refractivity contribution in [3.63, 3.8) is 0 Å². The lowest BCUT2D eigenvalue weighted by atomic mass is 10.0. The average molecular weight is 242 g/mol. The molecule has 2 aromatic carbocycles. The zero-order valence-corrected chi connectivity index (χ0v) is 10.8. The molecule has 0 aliphatic rings. The van der Waals surface area contributed by atoms with Gasteiger partial charge in [0.15, 0.2) is 0 Å². The van der Waals surface area contributed by atoms with Crippen molar-refractivity contribution in [1.82, 2.24) is 0 Å². The minimum absolute atomic E-state index is 0.0290. The van der Waals surface area contributed by atoms with Crippen LogP contribution in [0.4, 0.5) is 0 Å². The van der Waals surface area contributed by atoms with E-state index in [0.717, 1.165) is 22.4 Å². The van der Waals surface area contributed by atoms with Gasteiger partial charge in [-0.05, 0) is 31.0 Å². The van der Waals surface area contributed by atoms with Crippen LogP contribution in [0.15, 0.2) is 42.5 Å². The predicted octanol–water partition coefficient (Wildman–Crippen LogP) is 3.34. The molecule has 2 rings (SSSR count). The molecule has 0 saturated carbocycles. The van der Waals surface area contributed by atoms with E-state index in [9.17, 15) is 0 Å². The Morgan fingerprint density at radius 1 is 0.944 bits per heavy atom. The maximum atomic E-state index is 8.87. The lowest BCUT2D eigenvalue weighted by Crippen LogP contribution is -2.03. The van der Waals surface area contributed by atoms with Crippen LogP contribution < -0.4 is 4.74 Å². The van der Waals surface area contributed by atoms with Gasteiger partial charge in [-0.2, -0.15) is 0 Å². The molecule has 18 heavy (non-hydrogen) atoms. The summed E-state index contributed by atoms with van der Waals surface area (Å²) in [4.78, 5) is 0. The monoisotopic (exact) mass is 242 g/mol. The van der Waals surface area contributed by atoms with Crippen LogP contribution in [0, 0.1) is 13.8 Å². The predicted molar refractivity (Wildman–Crippen MR) is 73.9 cm³/mol. The lowest BCUT2D eigenvalue weighted by Gasteiger charge is -2.12. The summed E-state index contributed by atoms with van der Waals surface area (Å²) in [5.74, 6) is 0.827. The van der Waals surface area contributed by atoms with Crippen LogP contribution in [0.1, 0.15) is 11.1 Å². The van der Waals surface area contributed by atoms with E-state index < -0.39 is 0 Å². The Balaban J connectivity index is 2.39. The van der Waals surface area contributed by atoms with Crippen LogP contribution in [0.2, 0.25) is 0 Å². The Morgan fingerprint density at radius 2 is 1.61 bits per heavy atom. The Labute approximate surface area is 108 Å². The summed E-state index contributed by atoms with van der Waals surface area (Å²) in [6.45, 7) is 4.45. The molecule has 2 heteroatoms. The summed E-state index contributed by atoms with van der Waals surface area (Å²) in [5.41, 5.74) is 4.59. The van der Waals surface area contributed by atoms with Crippen LogP contribution in [-0.4, -0.2) is 18.3 Å². The van der Waals surface area contributed by atoms with E-state index in [1.165, 1.54) is 5.56 Å². The molecule has 2 nitrogen and oxygen atoms in total. The minimum atomic E-state index is 0.0290. The summed E-state index contributed by atoms with van der Waals surface area (Å²) in [6.07, 6.45) is 0. The number of benzene rings is 2. The molecule has 0 amide bonds. The third kappa shape index (κ3) is 2.90. The second-order valence-electron chi connectivity index (χ2n) is 4.44. The van der Waals surface area contributed by atoms with Crippen molar-refractivity contribution >= 4 is 0 Å². The molecule has 1 N–H and O–H groups in total. The van der Waals surface area contributed by atoms with Gasteiger partial charge in [0.2, 0.25) is 0 Å². The molecule has 0 spiro atoms. The number of ether oxygens (including phenoxy) is 1. The van der Waals surface area contributed by atoms with Crippen molar-refractivity contribution in [3.05, 3.63) is 53.6 Å². The van der Waals surface area contributed by atoms with Gasteiger partial charge in [-0.25, -0.2) is 0 Å². The first kappa shape index (κ1) is 12.7. The third-order valence-electron chi connectivity index (χ3n) is 2.85. The molecule has 0 saturated heterocycles. The molecular formula is C16H18O2. The number of hydrogen-bond acceptors (Lipinski definition) is 2. The molecule has 2 aromatic rings. The SMILES string of the molecule is Cc1ccc(-c2ccc(C)cc2OCCO)cc1. The summed E-state index contributed by atoms with van der Waals surface area (Å²) in [6, 6.07) is 14.5. The van der Waals surface area contributed by atoms with Gasteiger partial charge < -0.3 is 9.84 Å². The Bertz CT molecular complexity index is 515. The molecule has 0 heterocycles. The van der Waals surface area contributed by atoms with Gasteiger partial charge in [-0.1, -0.05) is 42.0 Å². The second-order valence-corrected chi connectivity index (χ2v) is 4.44. The highest BCUT2D eigenvalue weighted by atomic mass is 16.5. The van der Waals surface area contributed by atoms with Gasteiger partial charge in [0.25, 0.3) is 0 Å². The number of hydrogen-bond donors (Lipinski definition) is 1. The van der Waals surface area contributed by atoms with Crippen LogP contribution in [0.25, 0.3) is 11.1 Å². The smallest absolute Gasteiger partial charge is 0.127 e. The number of aliphatic hydroxyl groups is 1. The molecule has 0 aliphatic heterocycles. The van der Waals surface area contributed by atoms with Crippen LogP contribution in [0.5, 0.6) is 5.75 Å². The second kappa shape index (κ2) is 5.69. The van der Waals surface area contributed by atoms with Crippen molar-refractivity contribution in [2.24, 2.45) is 0 Å². The first-order valence-electron chi connectivity index (χ1n) is 6.12. The van der Waals surface area contributed by atoms with Gasteiger partial charge in [0.1, 0.15) is 12.4 Å². The van der Waals surface area contributed by atoms with Gasteiger partial charge in [-0.3, -0.25) is 0 Å². The number of aryl methyl sites for hydroxylation is 2. The highest BCUT2D eigenvalue weighted by Crippen LogP contribution is 2.31. The van der Waals surface area contributed by atoms with Gasteiger partial charge in [0, 0.05) is 5.56 Å². The standard InChI is InChI=1S/C16H18O2/c1-12-3-6-14(7-4-12)15-8-5-13(2)11-16(15)18-10-9-17/h3-8,11,17H,9-10H2,1-2H3. The van der Waals surface area contributed by atoms with Crippen molar-refractivity contribution in [2.75, 3.05) is 13.2 Å². The maximum Gasteiger partial charge on any atom is 0.127 e. The molecule has 0 fully saturated rings. The minimum Gasteiger partial charge on any atom is -0.491 e. The summed E-state index contributed by atoms with van der Waals surface area (Å²) < 4.78 is 5.60. The van der Waals surface area contributed by atoms with Crippen LogP contribution >= 0.6 is 0 Å². The normalized spacial score (nSPS) is 10.4. The molecule has 0 unspecified atom stereocenters. The number of rotatable bonds is 4. The first-order valence-corrected chi connectivity index (χ1v) is 6.12. The largest absolute Gasteiger partial charge is 0.491 e. The van der Waals surface area contributed by atoms with Crippen molar-refractivity contribution in [2.45, 2.75) is 13.8 Å². The van der Waals surface area contributed by atoms with Crippen molar-refractivity contribution in [1.29, 1.82) is 0 Å². The molecule has 0 atom stereocenters. The van der Waals surface area contributed by atoms with Crippen molar-refractivity contribution in [3.8, 4) is 16.9 Å².